The van der Waals surface area contributed by atoms with Crippen LogP contribution in [0.5, 0.6) is 0 Å². The lowest BCUT2D eigenvalue weighted by molar-refractivity contribution is -0.160. The molecule has 0 aromatic rings. The number of morpholine rings is 1. The fourth-order valence-corrected chi connectivity index (χ4v) is 2.78. The molecule has 2 aliphatic rings. The third-order valence-electron chi connectivity index (χ3n) is 4.10. The zero-order chi connectivity index (χ0) is 11.8. The minimum absolute atomic E-state index is 0.260. The average Bonchev–Trinajstić information content (AvgIpc) is 3.11. The normalized spacial score (nSPS) is 31.0. The van der Waals surface area contributed by atoms with Crippen LogP contribution in [0.25, 0.3) is 0 Å². The number of aliphatic carboxylic acids is 1. The number of carboxylic acid groups (broad SMARTS) is 1. The Kier molecular flexibility index (Phi) is 3.22. The first-order chi connectivity index (χ1) is 7.60. The number of carbonyl (C=O) groups is 1. The Labute approximate surface area is 96.6 Å². The first-order valence-corrected chi connectivity index (χ1v) is 6.18. The summed E-state index contributed by atoms with van der Waals surface area (Å²) in [4.78, 5) is 13.7. The number of hydrogen-bond acceptors (Lipinski definition) is 3. The highest BCUT2D eigenvalue weighted by Gasteiger charge is 2.53. The van der Waals surface area contributed by atoms with Crippen molar-refractivity contribution in [3.05, 3.63) is 0 Å². The van der Waals surface area contributed by atoms with Crippen molar-refractivity contribution < 1.29 is 14.6 Å². The minimum atomic E-state index is -0.676. The third kappa shape index (κ3) is 1.84. The lowest BCUT2D eigenvalue weighted by Gasteiger charge is -2.45. The second kappa shape index (κ2) is 4.34. The Morgan fingerprint density at radius 3 is 2.75 bits per heavy atom. The van der Waals surface area contributed by atoms with E-state index in [9.17, 15) is 9.90 Å². The molecule has 1 saturated heterocycles. The molecule has 2 atom stereocenters. The van der Waals surface area contributed by atoms with Crippen molar-refractivity contribution in [3.8, 4) is 0 Å². The van der Waals surface area contributed by atoms with Gasteiger partial charge in [0.15, 0.2) is 0 Å². The number of ether oxygens (including phenoxy) is 1. The molecule has 0 aromatic carbocycles. The molecular weight excluding hydrogens is 206 g/mol. The van der Waals surface area contributed by atoms with Crippen LogP contribution in [-0.2, 0) is 9.53 Å². The van der Waals surface area contributed by atoms with E-state index in [1.807, 2.05) is 6.92 Å². The fourth-order valence-electron chi connectivity index (χ4n) is 2.78. The highest BCUT2D eigenvalue weighted by molar-refractivity contribution is 5.79. The van der Waals surface area contributed by atoms with Gasteiger partial charge in [-0.1, -0.05) is 6.92 Å². The van der Waals surface area contributed by atoms with Crippen LogP contribution in [0.1, 0.15) is 33.1 Å². The Hall–Kier alpha value is -0.610. The van der Waals surface area contributed by atoms with Crippen LogP contribution in [0.4, 0.5) is 0 Å². The van der Waals surface area contributed by atoms with Crippen molar-refractivity contribution in [3.63, 3.8) is 0 Å². The topological polar surface area (TPSA) is 49.8 Å². The maximum absolute atomic E-state index is 11.6. The Morgan fingerprint density at radius 1 is 1.56 bits per heavy atom. The van der Waals surface area contributed by atoms with Gasteiger partial charge in [-0.2, -0.15) is 0 Å². The molecule has 16 heavy (non-hydrogen) atoms. The van der Waals surface area contributed by atoms with Gasteiger partial charge < -0.3 is 9.84 Å². The molecule has 2 fully saturated rings. The van der Waals surface area contributed by atoms with Gasteiger partial charge in [-0.25, -0.2) is 0 Å². The SMILES string of the molecule is CCC1COCCN1C(C)(C(=O)O)C1CC1. The molecule has 1 heterocycles. The highest BCUT2D eigenvalue weighted by Crippen LogP contribution is 2.44. The third-order valence-corrected chi connectivity index (χ3v) is 4.10. The van der Waals surface area contributed by atoms with E-state index in [0.717, 1.165) is 25.8 Å². The van der Waals surface area contributed by atoms with Gasteiger partial charge in [-0.15, -0.1) is 0 Å². The molecule has 0 amide bonds. The second-order valence-corrected chi connectivity index (χ2v) is 5.06. The van der Waals surface area contributed by atoms with E-state index in [1.54, 1.807) is 0 Å². The van der Waals surface area contributed by atoms with Gasteiger partial charge in [0.05, 0.1) is 13.2 Å². The molecule has 4 nitrogen and oxygen atoms in total. The summed E-state index contributed by atoms with van der Waals surface area (Å²) in [7, 11) is 0. The van der Waals surface area contributed by atoms with E-state index in [2.05, 4.69) is 11.8 Å². The van der Waals surface area contributed by atoms with Gasteiger partial charge in [0.1, 0.15) is 5.54 Å². The number of rotatable bonds is 4. The Morgan fingerprint density at radius 2 is 2.25 bits per heavy atom. The van der Waals surface area contributed by atoms with Gasteiger partial charge in [0.2, 0.25) is 0 Å². The highest BCUT2D eigenvalue weighted by atomic mass is 16.5. The lowest BCUT2D eigenvalue weighted by Crippen LogP contribution is -2.61. The maximum atomic E-state index is 11.6. The van der Waals surface area contributed by atoms with Gasteiger partial charge in [-0.3, -0.25) is 9.69 Å². The molecule has 0 radical (unpaired) electrons. The number of nitrogens with zero attached hydrogens (tertiary/aromatic N) is 1. The van der Waals surface area contributed by atoms with Crippen LogP contribution in [0.2, 0.25) is 0 Å². The van der Waals surface area contributed by atoms with E-state index < -0.39 is 11.5 Å². The molecule has 92 valence electrons. The van der Waals surface area contributed by atoms with E-state index in [-0.39, 0.29) is 6.04 Å². The number of carboxylic acids is 1. The monoisotopic (exact) mass is 227 g/mol. The van der Waals surface area contributed by atoms with Gasteiger partial charge in [-0.05, 0) is 32.1 Å². The molecule has 2 rings (SSSR count). The first-order valence-electron chi connectivity index (χ1n) is 6.18. The lowest BCUT2D eigenvalue weighted by atomic mass is 9.90. The first kappa shape index (κ1) is 11.9. The summed E-state index contributed by atoms with van der Waals surface area (Å²) in [6.07, 6.45) is 3.06. The van der Waals surface area contributed by atoms with Crippen molar-refractivity contribution in [2.45, 2.75) is 44.7 Å². The van der Waals surface area contributed by atoms with Crippen LogP contribution >= 0.6 is 0 Å². The summed E-state index contributed by atoms with van der Waals surface area (Å²) in [6, 6.07) is 0.260. The van der Waals surface area contributed by atoms with Gasteiger partial charge in [0.25, 0.3) is 0 Å². The summed E-state index contributed by atoms with van der Waals surface area (Å²) in [5, 5.41) is 9.53. The van der Waals surface area contributed by atoms with Crippen molar-refractivity contribution in [1.82, 2.24) is 4.90 Å². The Bertz CT molecular complexity index is 277. The summed E-state index contributed by atoms with van der Waals surface area (Å²) in [5.74, 6) is -0.340. The second-order valence-electron chi connectivity index (χ2n) is 5.06. The molecule has 4 heteroatoms. The molecule has 1 aliphatic heterocycles. The zero-order valence-electron chi connectivity index (χ0n) is 10.1. The summed E-state index contributed by atoms with van der Waals surface area (Å²) < 4.78 is 5.44. The van der Waals surface area contributed by atoms with Crippen molar-refractivity contribution in [2.24, 2.45) is 5.92 Å². The fraction of sp³-hybridized carbons (Fsp3) is 0.917. The van der Waals surface area contributed by atoms with Crippen LogP contribution in [-0.4, -0.2) is 47.3 Å². The summed E-state index contributed by atoms with van der Waals surface area (Å²) in [6.45, 7) is 6.07. The number of hydrogen-bond donors (Lipinski definition) is 1. The summed E-state index contributed by atoms with van der Waals surface area (Å²) in [5.41, 5.74) is -0.676. The average molecular weight is 227 g/mol. The maximum Gasteiger partial charge on any atom is 0.324 e. The van der Waals surface area contributed by atoms with Crippen LogP contribution in [0.3, 0.4) is 0 Å². The van der Waals surface area contributed by atoms with Crippen molar-refractivity contribution in [1.29, 1.82) is 0 Å². The van der Waals surface area contributed by atoms with E-state index in [0.29, 0.717) is 19.1 Å². The molecule has 0 bridgehead atoms. The molecule has 2 unspecified atom stereocenters. The predicted molar refractivity (Wildman–Crippen MR) is 60.4 cm³/mol. The van der Waals surface area contributed by atoms with Crippen LogP contribution in [0.15, 0.2) is 0 Å². The van der Waals surface area contributed by atoms with Gasteiger partial charge in [0, 0.05) is 12.6 Å². The van der Waals surface area contributed by atoms with Crippen LogP contribution < -0.4 is 0 Å². The standard InChI is InChI=1S/C12H21NO3/c1-3-10-8-16-7-6-13(10)12(2,11(14)15)9-4-5-9/h9-10H,3-8H2,1-2H3,(H,14,15). The minimum Gasteiger partial charge on any atom is -0.480 e. The smallest absolute Gasteiger partial charge is 0.324 e. The molecule has 1 N–H and O–H groups in total. The van der Waals surface area contributed by atoms with E-state index in [4.69, 9.17) is 4.74 Å². The largest absolute Gasteiger partial charge is 0.480 e. The Balaban J connectivity index is 2.20. The van der Waals surface area contributed by atoms with Crippen molar-refractivity contribution >= 4 is 5.97 Å². The molecular formula is C12H21NO3. The van der Waals surface area contributed by atoms with E-state index in [1.165, 1.54) is 0 Å². The quantitative estimate of drug-likeness (QED) is 0.787. The molecule has 1 saturated carbocycles. The van der Waals surface area contributed by atoms with Crippen molar-refractivity contribution in [2.75, 3.05) is 19.8 Å². The zero-order valence-corrected chi connectivity index (χ0v) is 10.1. The van der Waals surface area contributed by atoms with Gasteiger partial charge >= 0.3 is 5.97 Å². The molecule has 0 aromatic heterocycles. The van der Waals surface area contributed by atoms with Crippen LogP contribution in [0, 0.1) is 5.92 Å². The molecule has 1 aliphatic carbocycles. The predicted octanol–water partition coefficient (Wildman–Crippen LogP) is 1.35. The summed E-state index contributed by atoms with van der Waals surface area (Å²) >= 11 is 0. The van der Waals surface area contributed by atoms with E-state index >= 15 is 0 Å². The molecule has 0 spiro atoms.